The minimum Gasteiger partial charge on any atom is -0.467 e. The molecule has 6 nitrogen and oxygen atoms in total. The summed E-state index contributed by atoms with van der Waals surface area (Å²) in [5, 5.41) is 4.22. The second-order valence-corrected chi connectivity index (χ2v) is 9.78. The van der Waals surface area contributed by atoms with Gasteiger partial charge in [-0.2, -0.15) is 0 Å². The molecule has 6 rings (SSSR count). The highest BCUT2D eigenvalue weighted by atomic mass is 32.1. The Bertz CT molecular complexity index is 1530. The number of aromatic nitrogens is 2. The Kier molecular flexibility index (Phi) is 6.43. The van der Waals surface area contributed by atoms with E-state index in [0.717, 1.165) is 34.3 Å². The molecule has 1 aliphatic heterocycles. The maximum Gasteiger partial charge on any atom is 0.174 e. The molecule has 0 aliphatic carbocycles. The predicted octanol–water partition coefficient (Wildman–Crippen LogP) is 7.11. The molecule has 1 saturated heterocycles. The van der Waals surface area contributed by atoms with Crippen molar-refractivity contribution in [2.45, 2.75) is 32.5 Å². The molecule has 7 heteroatoms. The first-order valence-corrected chi connectivity index (χ1v) is 13.0. The lowest BCUT2D eigenvalue weighted by molar-refractivity contribution is 0.482. The standard InChI is InChI=1S/C31H28N4O2S/c1-21-19-27(22(2)34(21)20-26-11-8-18-36-26)30-29(28-12-6-7-17-32-28)33-31(38)35(30)23-13-15-25(16-14-23)37-24-9-4-3-5-10-24/h3-19,29-30H,20H2,1-2H3,(H,33,38). The number of nitrogens with zero attached hydrogens (tertiary/aromatic N) is 3. The van der Waals surface area contributed by atoms with Crippen LogP contribution in [0.3, 0.4) is 0 Å². The molecule has 2 aromatic carbocycles. The van der Waals surface area contributed by atoms with E-state index in [1.54, 1.807) is 6.26 Å². The molecule has 4 heterocycles. The summed E-state index contributed by atoms with van der Waals surface area (Å²) in [6, 6.07) is 29.9. The Morgan fingerprint density at radius 2 is 1.68 bits per heavy atom. The van der Waals surface area contributed by atoms with Gasteiger partial charge in [0.1, 0.15) is 17.3 Å². The molecule has 0 bridgehead atoms. The molecule has 38 heavy (non-hydrogen) atoms. The van der Waals surface area contributed by atoms with Crippen molar-refractivity contribution in [1.29, 1.82) is 0 Å². The number of benzene rings is 2. The maximum atomic E-state index is 6.02. The first kappa shape index (κ1) is 24.0. The number of hydrogen-bond acceptors (Lipinski definition) is 4. The molecule has 190 valence electrons. The Morgan fingerprint density at radius 3 is 2.39 bits per heavy atom. The van der Waals surface area contributed by atoms with Gasteiger partial charge in [-0.25, -0.2) is 0 Å². The highest BCUT2D eigenvalue weighted by molar-refractivity contribution is 7.80. The number of hydrogen-bond donors (Lipinski definition) is 1. The van der Waals surface area contributed by atoms with E-state index in [1.807, 2.05) is 72.9 Å². The van der Waals surface area contributed by atoms with E-state index in [2.05, 4.69) is 57.9 Å². The summed E-state index contributed by atoms with van der Waals surface area (Å²) in [4.78, 5) is 6.88. The fourth-order valence-electron chi connectivity index (χ4n) is 5.18. The lowest BCUT2D eigenvalue weighted by Gasteiger charge is -2.28. The third-order valence-corrected chi connectivity index (χ3v) is 7.33. The number of pyridine rings is 1. The van der Waals surface area contributed by atoms with Crippen LogP contribution in [-0.2, 0) is 6.54 Å². The van der Waals surface area contributed by atoms with Crippen LogP contribution < -0.4 is 15.0 Å². The van der Waals surface area contributed by atoms with Crippen molar-refractivity contribution >= 4 is 23.0 Å². The van der Waals surface area contributed by atoms with Crippen molar-refractivity contribution in [2.24, 2.45) is 0 Å². The summed E-state index contributed by atoms with van der Waals surface area (Å²) in [6.45, 7) is 4.97. The van der Waals surface area contributed by atoms with Gasteiger partial charge in [-0.05, 0) is 98.4 Å². The van der Waals surface area contributed by atoms with Gasteiger partial charge in [0.25, 0.3) is 0 Å². The van der Waals surface area contributed by atoms with Crippen LogP contribution in [0.15, 0.2) is 108 Å². The second kappa shape index (κ2) is 10.2. The average Bonchev–Trinajstić information content (AvgIpc) is 3.65. The number of thiocarbonyl (C=S) groups is 1. The van der Waals surface area contributed by atoms with E-state index in [0.29, 0.717) is 11.7 Å². The summed E-state index contributed by atoms with van der Waals surface area (Å²) in [5.74, 6) is 2.49. The van der Waals surface area contributed by atoms with Gasteiger partial charge in [-0.15, -0.1) is 0 Å². The number of furan rings is 1. The van der Waals surface area contributed by atoms with Crippen molar-refractivity contribution in [3.63, 3.8) is 0 Å². The van der Waals surface area contributed by atoms with Gasteiger partial charge in [-0.3, -0.25) is 4.98 Å². The first-order valence-electron chi connectivity index (χ1n) is 12.6. The summed E-state index contributed by atoms with van der Waals surface area (Å²) in [6.07, 6.45) is 3.55. The third-order valence-electron chi connectivity index (χ3n) is 7.02. The van der Waals surface area contributed by atoms with Gasteiger partial charge < -0.3 is 23.9 Å². The van der Waals surface area contributed by atoms with Gasteiger partial charge in [0.2, 0.25) is 0 Å². The lowest BCUT2D eigenvalue weighted by atomic mass is 9.96. The zero-order valence-electron chi connectivity index (χ0n) is 21.2. The molecule has 5 aromatic rings. The third kappa shape index (κ3) is 4.57. The van der Waals surface area contributed by atoms with Crippen molar-refractivity contribution in [1.82, 2.24) is 14.9 Å². The number of ether oxygens (including phenoxy) is 1. The molecule has 1 fully saturated rings. The largest absolute Gasteiger partial charge is 0.467 e. The van der Waals surface area contributed by atoms with E-state index < -0.39 is 0 Å². The Balaban J connectivity index is 1.38. The van der Waals surface area contributed by atoms with Crippen molar-refractivity contribution in [3.05, 3.63) is 132 Å². The fourth-order valence-corrected chi connectivity index (χ4v) is 5.52. The molecule has 2 atom stereocenters. The summed E-state index contributed by atoms with van der Waals surface area (Å²) in [7, 11) is 0. The van der Waals surface area contributed by atoms with Crippen LogP contribution in [-0.4, -0.2) is 14.7 Å². The predicted molar refractivity (Wildman–Crippen MR) is 153 cm³/mol. The van der Waals surface area contributed by atoms with Crippen LogP contribution >= 0.6 is 12.2 Å². The number of anilines is 1. The maximum absolute atomic E-state index is 6.02. The molecule has 0 amide bonds. The van der Waals surface area contributed by atoms with E-state index in [4.69, 9.17) is 21.4 Å². The van der Waals surface area contributed by atoms with Gasteiger partial charge in [0.05, 0.1) is 30.6 Å². The number of nitrogens with one attached hydrogen (secondary N) is 1. The summed E-state index contributed by atoms with van der Waals surface area (Å²) in [5.41, 5.74) is 5.47. The van der Waals surface area contributed by atoms with Gasteiger partial charge >= 0.3 is 0 Å². The van der Waals surface area contributed by atoms with Crippen molar-refractivity contribution < 1.29 is 9.15 Å². The van der Waals surface area contributed by atoms with E-state index in [1.165, 1.54) is 11.3 Å². The van der Waals surface area contributed by atoms with Gasteiger partial charge in [-0.1, -0.05) is 24.3 Å². The minimum absolute atomic E-state index is 0.0881. The summed E-state index contributed by atoms with van der Waals surface area (Å²) >= 11 is 5.92. The van der Waals surface area contributed by atoms with Crippen molar-refractivity contribution in [3.8, 4) is 11.5 Å². The molecule has 3 aromatic heterocycles. The topological polar surface area (TPSA) is 55.5 Å². The minimum atomic E-state index is -0.110. The quantitative estimate of drug-likeness (QED) is 0.231. The highest BCUT2D eigenvalue weighted by Crippen LogP contribution is 2.43. The molecule has 0 saturated carbocycles. The fraction of sp³-hybridized carbons (Fsp3) is 0.161. The number of aryl methyl sites for hydroxylation is 1. The molecule has 0 radical (unpaired) electrons. The average molecular weight is 521 g/mol. The van der Waals surface area contributed by atoms with Crippen LogP contribution in [0, 0.1) is 13.8 Å². The second-order valence-electron chi connectivity index (χ2n) is 9.40. The number of rotatable bonds is 7. The Hall–Kier alpha value is -4.36. The zero-order valence-corrected chi connectivity index (χ0v) is 22.1. The first-order chi connectivity index (χ1) is 18.6. The normalized spacial score (nSPS) is 17.0. The molecule has 0 spiro atoms. The van der Waals surface area contributed by atoms with Crippen LogP contribution in [0.2, 0.25) is 0 Å². The summed E-state index contributed by atoms with van der Waals surface area (Å²) < 4.78 is 14.0. The molecule has 2 unspecified atom stereocenters. The van der Waals surface area contributed by atoms with E-state index in [9.17, 15) is 0 Å². The van der Waals surface area contributed by atoms with Crippen LogP contribution in [0.1, 0.15) is 40.5 Å². The Labute approximate surface area is 227 Å². The van der Waals surface area contributed by atoms with Crippen LogP contribution in [0.25, 0.3) is 0 Å². The van der Waals surface area contributed by atoms with Crippen molar-refractivity contribution in [2.75, 3.05) is 4.90 Å². The Morgan fingerprint density at radius 1 is 0.921 bits per heavy atom. The van der Waals surface area contributed by atoms with Gasteiger partial charge in [0.15, 0.2) is 5.11 Å². The zero-order chi connectivity index (χ0) is 26.1. The lowest BCUT2D eigenvalue weighted by Crippen LogP contribution is -2.29. The molecular formula is C31H28N4O2S. The molecule has 1 aliphatic rings. The van der Waals surface area contributed by atoms with E-state index in [-0.39, 0.29) is 12.1 Å². The van der Waals surface area contributed by atoms with Crippen LogP contribution in [0.4, 0.5) is 5.69 Å². The van der Waals surface area contributed by atoms with E-state index >= 15 is 0 Å². The highest BCUT2D eigenvalue weighted by Gasteiger charge is 2.42. The molecular weight excluding hydrogens is 492 g/mol. The smallest absolute Gasteiger partial charge is 0.174 e. The SMILES string of the molecule is Cc1cc(C2C(c3ccccn3)NC(=S)N2c2ccc(Oc3ccccc3)cc2)c(C)n1Cc1ccco1. The monoisotopic (exact) mass is 520 g/mol. The van der Waals surface area contributed by atoms with Crippen LogP contribution in [0.5, 0.6) is 11.5 Å². The number of para-hydroxylation sites is 1. The molecule has 1 N–H and O–H groups in total. The van der Waals surface area contributed by atoms with Gasteiger partial charge in [0, 0.05) is 23.3 Å².